The van der Waals surface area contributed by atoms with Crippen LogP contribution in [0.2, 0.25) is 0 Å². The Kier molecular flexibility index (Phi) is 3.00. The minimum Gasteiger partial charge on any atom is -0.383 e. The summed E-state index contributed by atoms with van der Waals surface area (Å²) in [6, 6.07) is 1.12. The maximum Gasteiger partial charge on any atom is 0.255 e. The Labute approximate surface area is 99.4 Å². The Hall–Kier alpha value is -1.65. The van der Waals surface area contributed by atoms with Gasteiger partial charge in [0.2, 0.25) is 0 Å². The molecule has 0 spiro atoms. The predicted molar refractivity (Wildman–Crippen MR) is 62.9 cm³/mol. The minimum atomic E-state index is -0.552. The quantitative estimate of drug-likeness (QED) is 0.843. The van der Waals surface area contributed by atoms with Crippen molar-refractivity contribution in [3.8, 4) is 0 Å². The molecule has 0 saturated heterocycles. The first-order valence-electron chi connectivity index (χ1n) is 5.80. The number of aromatic nitrogens is 1. The molecule has 1 aliphatic rings. The van der Waals surface area contributed by atoms with Crippen molar-refractivity contribution in [2.45, 2.75) is 38.1 Å². The molecule has 2 rings (SSSR count). The molecular weight excluding hydrogens is 221 g/mol. The number of pyridine rings is 1. The third kappa shape index (κ3) is 2.23. The first-order chi connectivity index (χ1) is 8.06. The number of nitrogen functional groups attached to an aromatic ring is 1. The Balaban J connectivity index is 2.17. The van der Waals surface area contributed by atoms with Crippen LogP contribution in [0.4, 0.5) is 10.2 Å². The van der Waals surface area contributed by atoms with Crippen molar-refractivity contribution < 1.29 is 9.18 Å². The smallest absolute Gasteiger partial charge is 0.255 e. The molecule has 92 valence electrons. The lowest BCUT2D eigenvalue weighted by atomic mass is 9.74. The molecule has 0 atom stereocenters. The van der Waals surface area contributed by atoms with Crippen LogP contribution in [-0.4, -0.2) is 16.4 Å². The highest BCUT2D eigenvalue weighted by Crippen LogP contribution is 2.35. The molecule has 0 unspecified atom stereocenters. The maximum atomic E-state index is 13.0. The third-order valence-electron chi connectivity index (χ3n) is 3.50. The highest BCUT2D eigenvalue weighted by molar-refractivity contribution is 5.98. The minimum absolute atomic E-state index is 0.0643. The van der Waals surface area contributed by atoms with Crippen LogP contribution >= 0.6 is 0 Å². The number of nitrogens with two attached hydrogens (primary N) is 1. The molecule has 5 heteroatoms. The normalized spacial score (nSPS) is 17.3. The van der Waals surface area contributed by atoms with Crippen LogP contribution in [0.3, 0.4) is 0 Å². The van der Waals surface area contributed by atoms with E-state index in [2.05, 4.69) is 10.3 Å². The second-order valence-corrected chi connectivity index (χ2v) is 4.53. The molecule has 4 nitrogen and oxygen atoms in total. The summed E-state index contributed by atoms with van der Waals surface area (Å²) in [6.07, 6.45) is 4.94. The van der Waals surface area contributed by atoms with Crippen LogP contribution in [0.25, 0.3) is 0 Å². The highest BCUT2D eigenvalue weighted by Gasteiger charge is 2.36. The zero-order valence-electron chi connectivity index (χ0n) is 9.79. The molecule has 1 saturated carbocycles. The van der Waals surface area contributed by atoms with Gasteiger partial charge in [0.1, 0.15) is 11.6 Å². The zero-order chi connectivity index (χ0) is 12.5. The molecular formula is C12H16FN3O. The van der Waals surface area contributed by atoms with Crippen LogP contribution in [0.5, 0.6) is 0 Å². The second kappa shape index (κ2) is 4.31. The number of carbonyl (C=O) groups excluding carboxylic acids is 1. The third-order valence-corrected chi connectivity index (χ3v) is 3.50. The lowest BCUT2D eigenvalue weighted by Gasteiger charge is -2.42. The van der Waals surface area contributed by atoms with Crippen molar-refractivity contribution in [1.82, 2.24) is 10.3 Å². The van der Waals surface area contributed by atoms with Gasteiger partial charge in [0.05, 0.1) is 11.8 Å². The summed E-state index contributed by atoms with van der Waals surface area (Å²) < 4.78 is 13.0. The fraction of sp³-hybridized carbons (Fsp3) is 0.500. The lowest BCUT2D eigenvalue weighted by Crippen LogP contribution is -2.53. The van der Waals surface area contributed by atoms with Crippen molar-refractivity contribution in [2.24, 2.45) is 0 Å². The molecule has 0 radical (unpaired) electrons. The summed E-state index contributed by atoms with van der Waals surface area (Å²) in [5, 5.41) is 2.94. The van der Waals surface area contributed by atoms with Crippen molar-refractivity contribution in [3.63, 3.8) is 0 Å². The van der Waals surface area contributed by atoms with Crippen molar-refractivity contribution in [1.29, 1.82) is 0 Å². The maximum absolute atomic E-state index is 13.0. The summed E-state index contributed by atoms with van der Waals surface area (Å²) >= 11 is 0. The SMILES string of the molecule is CCC1(NC(=O)c2cc(F)cnc2N)CCC1. The Morgan fingerprint density at radius 1 is 1.65 bits per heavy atom. The first-order valence-corrected chi connectivity index (χ1v) is 5.80. The number of hydrogen-bond acceptors (Lipinski definition) is 3. The lowest BCUT2D eigenvalue weighted by molar-refractivity contribution is 0.0820. The summed E-state index contributed by atoms with van der Waals surface area (Å²) in [6.45, 7) is 2.03. The van der Waals surface area contributed by atoms with Gasteiger partial charge in [-0.3, -0.25) is 4.79 Å². The van der Waals surface area contributed by atoms with Crippen molar-refractivity contribution in [2.75, 3.05) is 5.73 Å². The van der Waals surface area contributed by atoms with E-state index in [9.17, 15) is 9.18 Å². The fourth-order valence-electron chi connectivity index (χ4n) is 2.11. The van der Waals surface area contributed by atoms with Crippen molar-refractivity contribution in [3.05, 3.63) is 23.6 Å². The largest absolute Gasteiger partial charge is 0.383 e. The Bertz CT molecular complexity index is 438. The number of hydrogen-bond donors (Lipinski definition) is 2. The van der Waals surface area contributed by atoms with Gasteiger partial charge in [0, 0.05) is 5.54 Å². The van der Waals surface area contributed by atoms with E-state index in [1.54, 1.807) is 0 Å². The summed E-state index contributed by atoms with van der Waals surface area (Å²) in [7, 11) is 0. The van der Waals surface area contributed by atoms with Gasteiger partial charge in [-0.2, -0.15) is 0 Å². The van der Waals surface area contributed by atoms with Gasteiger partial charge < -0.3 is 11.1 Å². The number of nitrogens with one attached hydrogen (secondary N) is 1. The monoisotopic (exact) mass is 237 g/mol. The molecule has 17 heavy (non-hydrogen) atoms. The molecule has 3 N–H and O–H groups in total. The van der Waals surface area contributed by atoms with Crippen LogP contribution in [0.1, 0.15) is 43.0 Å². The van der Waals surface area contributed by atoms with Gasteiger partial charge in [-0.15, -0.1) is 0 Å². The molecule has 1 aromatic rings. The van der Waals surface area contributed by atoms with Gasteiger partial charge in [0.25, 0.3) is 5.91 Å². The Morgan fingerprint density at radius 3 is 2.88 bits per heavy atom. The standard InChI is InChI=1S/C12H16FN3O/c1-2-12(4-3-5-12)16-11(17)9-6-8(13)7-15-10(9)14/h6-7H,2-5H2,1H3,(H2,14,15)(H,16,17). The van der Waals surface area contributed by atoms with E-state index in [4.69, 9.17) is 5.73 Å². The van der Waals surface area contributed by atoms with Gasteiger partial charge in [-0.25, -0.2) is 9.37 Å². The highest BCUT2D eigenvalue weighted by atomic mass is 19.1. The van der Waals surface area contributed by atoms with E-state index in [0.29, 0.717) is 0 Å². The molecule has 1 aromatic heterocycles. The van der Waals surface area contributed by atoms with Crippen LogP contribution in [-0.2, 0) is 0 Å². The van der Waals surface area contributed by atoms with Gasteiger partial charge in [0.15, 0.2) is 0 Å². The molecule has 1 fully saturated rings. The summed E-state index contributed by atoms with van der Waals surface area (Å²) in [5.41, 5.74) is 5.56. The van der Waals surface area contributed by atoms with E-state index in [1.165, 1.54) is 0 Å². The molecule has 1 amide bonds. The average Bonchev–Trinajstić information content (AvgIpc) is 2.26. The Morgan fingerprint density at radius 2 is 2.35 bits per heavy atom. The van der Waals surface area contributed by atoms with Crippen LogP contribution in [0.15, 0.2) is 12.3 Å². The first kappa shape index (κ1) is 11.8. The van der Waals surface area contributed by atoms with E-state index >= 15 is 0 Å². The molecule has 1 aliphatic carbocycles. The number of nitrogens with zero attached hydrogens (tertiary/aromatic N) is 1. The summed E-state index contributed by atoms with van der Waals surface area (Å²) in [5.74, 6) is -0.825. The fourth-order valence-corrected chi connectivity index (χ4v) is 2.11. The topological polar surface area (TPSA) is 68.0 Å². The number of halogens is 1. The number of rotatable bonds is 3. The van der Waals surface area contributed by atoms with E-state index < -0.39 is 5.82 Å². The average molecular weight is 237 g/mol. The molecule has 0 bridgehead atoms. The number of amides is 1. The second-order valence-electron chi connectivity index (χ2n) is 4.53. The van der Waals surface area contributed by atoms with Gasteiger partial charge in [-0.05, 0) is 31.7 Å². The molecule has 0 aliphatic heterocycles. The van der Waals surface area contributed by atoms with E-state index in [1.807, 2.05) is 6.92 Å². The summed E-state index contributed by atoms with van der Waals surface area (Å²) in [4.78, 5) is 15.6. The van der Waals surface area contributed by atoms with Gasteiger partial charge >= 0.3 is 0 Å². The van der Waals surface area contributed by atoms with Crippen LogP contribution < -0.4 is 11.1 Å². The predicted octanol–water partition coefficient (Wildman–Crippen LogP) is 1.87. The molecule has 0 aromatic carbocycles. The van der Waals surface area contributed by atoms with E-state index in [-0.39, 0.29) is 22.8 Å². The number of carbonyl (C=O) groups is 1. The molecule has 1 heterocycles. The van der Waals surface area contributed by atoms with Crippen molar-refractivity contribution >= 4 is 11.7 Å². The zero-order valence-corrected chi connectivity index (χ0v) is 9.79. The van der Waals surface area contributed by atoms with E-state index in [0.717, 1.165) is 37.9 Å². The number of anilines is 1. The van der Waals surface area contributed by atoms with Crippen LogP contribution in [0, 0.1) is 5.82 Å². The van der Waals surface area contributed by atoms with Gasteiger partial charge in [-0.1, -0.05) is 6.92 Å².